The number of para-hydroxylation sites is 1. The van der Waals surface area contributed by atoms with Gasteiger partial charge in [0, 0.05) is 12.8 Å². The molecule has 0 amide bonds. The number of rotatable bonds is 13. The highest BCUT2D eigenvalue weighted by Crippen LogP contribution is 2.50. The fraction of sp³-hybridized carbons (Fsp3) is 0.429. The maximum absolute atomic E-state index is 14.1. The van der Waals surface area contributed by atoms with Crippen LogP contribution in [-0.4, -0.2) is 70.1 Å². The van der Waals surface area contributed by atoms with E-state index in [1.165, 1.54) is 36.8 Å². The third-order valence-electron chi connectivity index (χ3n) is 6.81. The topological polar surface area (TPSA) is 216 Å². The lowest BCUT2D eigenvalue weighted by Gasteiger charge is -2.30. The number of methoxy groups -OCH3 is 1. The van der Waals surface area contributed by atoms with E-state index in [0.29, 0.717) is 5.52 Å². The molecule has 0 radical (unpaired) electrons. The van der Waals surface area contributed by atoms with Crippen molar-refractivity contribution in [2.45, 2.75) is 63.6 Å². The van der Waals surface area contributed by atoms with Crippen molar-refractivity contribution < 1.29 is 46.9 Å². The number of nitrogen functional groups attached to an aromatic ring is 1. The summed E-state index contributed by atoms with van der Waals surface area (Å²) in [6.07, 6.45) is -3.16. The van der Waals surface area contributed by atoms with Crippen LogP contribution in [-0.2, 0) is 42.4 Å². The summed E-state index contributed by atoms with van der Waals surface area (Å²) in [5, 5.41) is 17.3. The van der Waals surface area contributed by atoms with Gasteiger partial charge in [0.05, 0.1) is 12.8 Å². The lowest BCUT2D eigenvalue weighted by molar-refractivity contribution is -0.169. The molecule has 1 aliphatic heterocycles. The minimum absolute atomic E-state index is 0.0484. The first-order chi connectivity index (χ1) is 21.5. The summed E-state index contributed by atoms with van der Waals surface area (Å²) >= 11 is 0. The van der Waals surface area contributed by atoms with Crippen molar-refractivity contribution in [3.05, 3.63) is 54.5 Å². The van der Waals surface area contributed by atoms with Crippen molar-refractivity contribution in [3.8, 4) is 11.8 Å². The van der Waals surface area contributed by atoms with Crippen LogP contribution in [0.2, 0.25) is 0 Å². The number of ether oxygens (including phenoxy) is 4. The SMILES string of the molecule is CCC(=O)O[C@H]1[C@H](c2ccc3c(N)ncnn23)O[C@](C#N)(COP(=O)(NC(C)C(=O)OC)Oc2ccccc2)[C@H]1OC(=O)CC. The van der Waals surface area contributed by atoms with E-state index in [1.807, 2.05) is 6.07 Å². The average Bonchev–Trinajstić information content (AvgIpc) is 3.60. The summed E-state index contributed by atoms with van der Waals surface area (Å²) in [5.41, 5.74) is 4.46. The Kier molecular flexibility index (Phi) is 10.4. The number of nitriles is 1. The molecular formula is C28H33N6O10P. The molecule has 3 N–H and O–H groups in total. The van der Waals surface area contributed by atoms with Crippen LogP contribution in [0.25, 0.3) is 5.52 Å². The molecule has 240 valence electrons. The van der Waals surface area contributed by atoms with Crippen LogP contribution in [0.5, 0.6) is 5.75 Å². The van der Waals surface area contributed by atoms with Gasteiger partial charge in [0.25, 0.3) is 0 Å². The van der Waals surface area contributed by atoms with Crippen LogP contribution in [0.3, 0.4) is 0 Å². The highest BCUT2D eigenvalue weighted by molar-refractivity contribution is 7.52. The molecule has 45 heavy (non-hydrogen) atoms. The Morgan fingerprint density at radius 3 is 2.49 bits per heavy atom. The smallest absolute Gasteiger partial charge is 0.459 e. The summed E-state index contributed by atoms with van der Waals surface area (Å²) in [7, 11) is -3.34. The van der Waals surface area contributed by atoms with Crippen molar-refractivity contribution in [1.29, 1.82) is 5.26 Å². The van der Waals surface area contributed by atoms with Gasteiger partial charge in [-0.25, -0.2) is 14.1 Å². The minimum atomic E-state index is -4.49. The number of benzene rings is 1. The molecule has 1 aliphatic rings. The summed E-state index contributed by atoms with van der Waals surface area (Å²) < 4.78 is 49.3. The van der Waals surface area contributed by atoms with E-state index in [-0.39, 0.29) is 30.1 Å². The molecule has 6 atom stereocenters. The monoisotopic (exact) mass is 644 g/mol. The molecule has 0 saturated carbocycles. The number of nitrogens with zero attached hydrogens (tertiary/aromatic N) is 4. The van der Waals surface area contributed by atoms with E-state index in [2.05, 4.69) is 15.2 Å². The largest absolute Gasteiger partial charge is 0.468 e. The molecule has 2 aromatic heterocycles. The van der Waals surface area contributed by atoms with Crippen molar-refractivity contribution in [2.24, 2.45) is 0 Å². The second-order valence-corrected chi connectivity index (χ2v) is 11.6. The summed E-state index contributed by atoms with van der Waals surface area (Å²) in [6, 6.07) is 11.9. The van der Waals surface area contributed by atoms with Crippen LogP contribution in [0.4, 0.5) is 5.82 Å². The molecule has 3 heterocycles. The number of carbonyl (C=O) groups excluding carboxylic acids is 3. The summed E-state index contributed by atoms with van der Waals surface area (Å²) in [6.45, 7) is 3.63. The number of fused-ring (bicyclic) bond motifs is 1. The van der Waals surface area contributed by atoms with Gasteiger partial charge < -0.3 is 29.2 Å². The third kappa shape index (κ3) is 7.23. The quantitative estimate of drug-likeness (QED) is 0.155. The zero-order valence-electron chi connectivity index (χ0n) is 24.9. The molecule has 0 aliphatic carbocycles. The summed E-state index contributed by atoms with van der Waals surface area (Å²) in [4.78, 5) is 41.4. The molecule has 3 aromatic rings. The van der Waals surface area contributed by atoms with Crippen LogP contribution in [0.15, 0.2) is 48.8 Å². The van der Waals surface area contributed by atoms with E-state index < -0.39 is 62.2 Å². The Morgan fingerprint density at radius 2 is 1.84 bits per heavy atom. The van der Waals surface area contributed by atoms with Gasteiger partial charge in [-0.1, -0.05) is 32.0 Å². The van der Waals surface area contributed by atoms with Gasteiger partial charge in [-0.2, -0.15) is 15.4 Å². The van der Waals surface area contributed by atoms with Gasteiger partial charge in [0.15, 0.2) is 18.0 Å². The molecule has 1 saturated heterocycles. The molecule has 0 bridgehead atoms. The zero-order chi connectivity index (χ0) is 32.8. The minimum Gasteiger partial charge on any atom is -0.468 e. The first-order valence-corrected chi connectivity index (χ1v) is 15.4. The standard InChI is InChI=1S/C28H33N6O10P/c1-5-21(35)41-24-23(19-12-13-20-26(30)31-16-32-34(19)20)43-28(14-29,25(24)42-22(36)6-2)15-40-45(38,33-17(3)27(37)39-4)44-18-10-8-7-9-11-18/h7-13,16-17,23-25H,5-6,15H2,1-4H3,(H,33,38)(H2,30,31,32)/t17?,23-,24-,25-,28+,45?/m0/s1. The zero-order valence-corrected chi connectivity index (χ0v) is 25.8. The van der Waals surface area contributed by atoms with Gasteiger partial charge >= 0.3 is 25.7 Å². The maximum atomic E-state index is 14.1. The molecule has 0 spiro atoms. The number of aromatic nitrogens is 3. The van der Waals surface area contributed by atoms with Crippen LogP contribution in [0.1, 0.15) is 45.4 Å². The molecular weight excluding hydrogens is 611 g/mol. The van der Waals surface area contributed by atoms with Crippen molar-refractivity contribution in [3.63, 3.8) is 0 Å². The normalized spacial score (nSPS) is 23.0. The van der Waals surface area contributed by atoms with E-state index in [9.17, 15) is 24.2 Å². The van der Waals surface area contributed by atoms with Gasteiger partial charge in [0.1, 0.15) is 42.4 Å². The second kappa shape index (κ2) is 14.0. The number of nitrogens with one attached hydrogen (secondary N) is 1. The first-order valence-electron chi connectivity index (χ1n) is 13.9. The molecule has 16 nitrogen and oxygen atoms in total. The average molecular weight is 645 g/mol. The molecule has 1 aromatic carbocycles. The lowest BCUT2D eigenvalue weighted by atomic mass is 9.95. The van der Waals surface area contributed by atoms with Crippen molar-refractivity contribution in [1.82, 2.24) is 19.7 Å². The Bertz CT molecular complexity index is 1630. The Hall–Kier alpha value is -4.55. The van der Waals surface area contributed by atoms with E-state index in [1.54, 1.807) is 37.3 Å². The van der Waals surface area contributed by atoms with Crippen LogP contribution >= 0.6 is 7.75 Å². The van der Waals surface area contributed by atoms with Crippen molar-refractivity contribution in [2.75, 3.05) is 19.5 Å². The van der Waals surface area contributed by atoms with Gasteiger partial charge in [-0.05, 0) is 31.2 Å². The molecule has 17 heteroatoms. The fourth-order valence-corrected chi connectivity index (χ4v) is 6.06. The van der Waals surface area contributed by atoms with Gasteiger partial charge in [0.2, 0.25) is 5.60 Å². The maximum Gasteiger partial charge on any atom is 0.459 e. The van der Waals surface area contributed by atoms with E-state index >= 15 is 0 Å². The third-order valence-corrected chi connectivity index (χ3v) is 8.44. The number of hydrogen-bond donors (Lipinski definition) is 2. The Balaban J connectivity index is 1.78. The van der Waals surface area contributed by atoms with E-state index in [4.69, 9.17) is 33.7 Å². The highest BCUT2D eigenvalue weighted by atomic mass is 31.2. The lowest BCUT2D eigenvalue weighted by Crippen LogP contribution is -2.49. The second-order valence-electron chi connectivity index (χ2n) is 9.86. The number of carbonyl (C=O) groups is 3. The van der Waals surface area contributed by atoms with Crippen LogP contribution in [0, 0.1) is 11.3 Å². The predicted octanol–water partition coefficient (Wildman–Crippen LogP) is 2.64. The number of esters is 3. The summed E-state index contributed by atoms with van der Waals surface area (Å²) in [5.74, 6) is -1.94. The van der Waals surface area contributed by atoms with Crippen LogP contribution < -0.4 is 15.3 Å². The Labute approximate surface area is 258 Å². The molecule has 4 rings (SSSR count). The molecule has 1 fully saturated rings. The van der Waals surface area contributed by atoms with Crippen molar-refractivity contribution >= 4 is 37.0 Å². The van der Waals surface area contributed by atoms with Gasteiger partial charge in [-0.15, -0.1) is 0 Å². The number of hydrogen-bond acceptors (Lipinski definition) is 14. The first kappa shape index (κ1) is 33.3. The number of anilines is 1. The highest BCUT2D eigenvalue weighted by Gasteiger charge is 2.62. The van der Waals surface area contributed by atoms with E-state index in [0.717, 1.165) is 7.11 Å². The molecule has 2 unspecified atom stereocenters. The Morgan fingerprint density at radius 1 is 1.16 bits per heavy atom. The predicted molar refractivity (Wildman–Crippen MR) is 155 cm³/mol. The van der Waals surface area contributed by atoms with Gasteiger partial charge in [-0.3, -0.25) is 18.9 Å². The fourth-order valence-electron chi connectivity index (χ4n) is 4.54. The number of nitrogens with two attached hydrogens (primary N) is 1.